The predicted molar refractivity (Wildman–Crippen MR) is 53.5 cm³/mol. The van der Waals surface area contributed by atoms with Crippen molar-refractivity contribution in [2.45, 2.75) is 19.8 Å². The minimum atomic E-state index is -0.872. The molecule has 0 atom stereocenters. The highest BCUT2D eigenvalue weighted by molar-refractivity contribution is 5.66. The highest BCUT2D eigenvalue weighted by Crippen LogP contribution is 2.18. The molecule has 1 aromatic rings. The van der Waals surface area contributed by atoms with Gasteiger partial charge >= 0.3 is 5.97 Å². The first-order valence-corrected chi connectivity index (χ1v) is 4.70. The minimum absolute atomic E-state index is 0.0352. The van der Waals surface area contributed by atoms with Crippen LogP contribution in [-0.4, -0.2) is 17.7 Å². The Morgan fingerprint density at radius 1 is 1.53 bits per heavy atom. The minimum Gasteiger partial charge on any atom is -0.490 e. The molecule has 1 N–H and O–H groups in total. The lowest BCUT2D eigenvalue weighted by Crippen LogP contribution is -2.03. The Hall–Kier alpha value is -1.58. The number of ether oxygens (including phenoxy) is 1. The summed E-state index contributed by atoms with van der Waals surface area (Å²) >= 11 is 0. The summed E-state index contributed by atoms with van der Waals surface area (Å²) < 4.78 is 18.2. The summed E-state index contributed by atoms with van der Waals surface area (Å²) in [6.45, 7) is 2.05. The van der Waals surface area contributed by atoms with Gasteiger partial charge in [-0.3, -0.25) is 4.79 Å². The van der Waals surface area contributed by atoms with Crippen molar-refractivity contribution in [3.05, 3.63) is 29.6 Å². The number of carboxylic acid groups (broad SMARTS) is 1. The van der Waals surface area contributed by atoms with E-state index in [0.717, 1.165) is 5.56 Å². The SMILES string of the molecule is Cc1ccc(F)c(OCCCC(=O)O)c1. The Balaban J connectivity index is 2.43. The molecule has 0 aliphatic heterocycles. The number of hydrogen-bond acceptors (Lipinski definition) is 2. The summed E-state index contributed by atoms with van der Waals surface area (Å²) in [5.41, 5.74) is 0.907. The zero-order valence-electron chi connectivity index (χ0n) is 8.50. The first kappa shape index (κ1) is 11.5. The van der Waals surface area contributed by atoms with E-state index in [2.05, 4.69) is 0 Å². The van der Waals surface area contributed by atoms with E-state index in [1.165, 1.54) is 6.07 Å². The van der Waals surface area contributed by atoms with Crippen LogP contribution in [0.5, 0.6) is 5.75 Å². The number of carboxylic acids is 1. The van der Waals surface area contributed by atoms with Crippen molar-refractivity contribution in [1.29, 1.82) is 0 Å². The average Bonchev–Trinajstić information content (AvgIpc) is 2.17. The first-order chi connectivity index (χ1) is 7.09. The van der Waals surface area contributed by atoms with Gasteiger partial charge in [-0.1, -0.05) is 6.07 Å². The molecule has 0 heterocycles. The van der Waals surface area contributed by atoms with Crippen LogP contribution in [-0.2, 0) is 4.79 Å². The van der Waals surface area contributed by atoms with Gasteiger partial charge in [0.05, 0.1) is 6.61 Å². The van der Waals surface area contributed by atoms with E-state index < -0.39 is 11.8 Å². The molecule has 0 aliphatic carbocycles. The second-order valence-corrected chi connectivity index (χ2v) is 3.28. The number of hydrogen-bond donors (Lipinski definition) is 1. The van der Waals surface area contributed by atoms with E-state index in [9.17, 15) is 9.18 Å². The molecule has 0 fully saturated rings. The van der Waals surface area contributed by atoms with Crippen molar-refractivity contribution in [2.75, 3.05) is 6.61 Å². The number of halogens is 1. The number of rotatable bonds is 5. The molecule has 4 heteroatoms. The summed E-state index contributed by atoms with van der Waals surface area (Å²) in [5, 5.41) is 8.38. The maximum atomic E-state index is 13.1. The van der Waals surface area contributed by atoms with Gasteiger partial charge in [0.1, 0.15) is 0 Å². The van der Waals surface area contributed by atoms with E-state index in [4.69, 9.17) is 9.84 Å². The van der Waals surface area contributed by atoms with Crippen LogP contribution in [0.3, 0.4) is 0 Å². The largest absolute Gasteiger partial charge is 0.490 e. The molecule has 1 aromatic carbocycles. The normalized spacial score (nSPS) is 10.0. The molecule has 3 nitrogen and oxygen atoms in total. The molecule has 82 valence electrons. The third kappa shape index (κ3) is 3.97. The van der Waals surface area contributed by atoms with Crippen molar-refractivity contribution in [1.82, 2.24) is 0 Å². The fourth-order valence-electron chi connectivity index (χ4n) is 1.13. The van der Waals surface area contributed by atoms with Crippen molar-refractivity contribution >= 4 is 5.97 Å². The zero-order valence-corrected chi connectivity index (χ0v) is 8.50. The summed E-state index contributed by atoms with van der Waals surface area (Å²) in [6.07, 6.45) is 0.413. The van der Waals surface area contributed by atoms with Gasteiger partial charge in [0.2, 0.25) is 0 Å². The summed E-state index contributed by atoms with van der Waals surface area (Å²) in [6, 6.07) is 4.58. The van der Waals surface area contributed by atoms with E-state index in [1.807, 2.05) is 6.92 Å². The molecule has 0 spiro atoms. The Morgan fingerprint density at radius 2 is 2.27 bits per heavy atom. The average molecular weight is 212 g/mol. The number of aryl methyl sites for hydroxylation is 1. The van der Waals surface area contributed by atoms with Crippen molar-refractivity contribution in [3.63, 3.8) is 0 Å². The maximum absolute atomic E-state index is 13.1. The number of aliphatic carboxylic acids is 1. The highest BCUT2D eigenvalue weighted by atomic mass is 19.1. The third-order valence-corrected chi connectivity index (χ3v) is 1.88. The van der Waals surface area contributed by atoms with Crippen molar-refractivity contribution in [3.8, 4) is 5.75 Å². The van der Waals surface area contributed by atoms with Crippen LogP contribution in [0.2, 0.25) is 0 Å². The quantitative estimate of drug-likeness (QED) is 0.762. The summed E-state index contributed by atoms with van der Waals surface area (Å²) in [7, 11) is 0. The predicted octanol–water partition coefficient (Wildman–Crippen LogP) is 2.38. The van der Waals surface area contributed by atoms with Gasteiger partial charge in [-0.2, -0.15) is 0 Å². The Morgan fingerprint density at radius 3 is 2.93 bits per heavy atom. The van der Waals surface area contributed by atoms with E-state index in [0.29, 0.717) is 6.42 Å². The molecule has 0 saturated heterocycles. The molecule has 0 radical (unpaired) electrons. The second kappa shape index (κ2) is 5.34. The number of carbonyl (C=O) groups is 1. The van der Waals surface area contributed by atoms with Crippen LogP contribution in [0.15, 0.2) is 18.2 Å². The van der Waals surface area contributed by atoms with Crippen LogP contribution < -0.4 is 4.74 Å². The fraction of sp³-hybridized carbons (Fsp3) is 0.364. The zero-order chi connectivity index (χ0) is 11.3. The molecule has 0 saturated carbocycles. The van der Waals surface area contributed by atoms with Gasteiger partial charge in [0.15, 0.2) is 11.6 Å². The third-order valence-electron chi connectivity index (χ3n) is 1.88. The summed E-state index contributed by atoms with van der Waals surface area (Å²) in [4.78, 5) is 10.2. The Kier molecular flexibility index (Phi) is 4.09. The molecular formula is C11H13FO3. The molecule has 0 aromatic heterocycles. The maximum Gasteiger partial charge on any atom is 0.303 e. The van der Waals surface area contributed by atoms with Gasteiger partial charge in [0.25, 0.3) is 0 Å². The monoisotopic (exact) mass is 212 g/mol. The topological polar surface area (TPSA) is 46.5 Å². The molecule has 0 amide bonds. The lowest BCUT2D eigenvalue weighted by molar-refractivity contribution is -0.137. The Bertz CT molecular complexity index is 350. The first-order valence-electron chi connectivity index (χ1n) is 4.70. The van der Waals surface area contributed by atoms with Crippen molar-refractivity contribution in [2.24, 2.45) is 0 Å². The lowest BCUT2D eigenvalue weighted by atomic mass is 10.2. The van der Waals surface area contributed by atoms with Crippen LogP contribution in [0, 0.1) is 12.7 Å². The molecular weight excluding hydrogens is 199 g/mol. The van der Waals surface area contributed by atoms with Crippen molar-refractivity contribution < 1.29 is 19.0 Å². The van der Waals surface area contributed by atoms with E-state index in [1.54, 1.807) is 12.1 Å². The fourth-order valence-corrected chi connectivity index (χ4v) is 1.13. The lowest BCUT2D eigenvalue weighted by Gasteiger charge is -2.06. The van der Waals surface area contributed by atoms with Gasteiger partial charge < -0.3 is 9.84 Å². The van der Waals surface area contributed by atoms with Gasteiger partial charge in [-0.15, -0.1) is 0 Å². The molecule has 0 unspecified atom stereocenters. The smallest absolute Gasteiger partial charge is 0.303 e. The molecule has 15 heavy (non-hydrogen) atoms. The van der Waals surface area contributed by atoms with Gasteiger partial charge in [-0.05, 0) is 31.0 Å². The molecule has 1 rings (SSSR count). The van der Waals surface area contributed by atoms with Crippen LogP contribution in [0.25, 0.3) is 0 Å². The molecule has 0 aliphatic rings. The van der Waals surface area contributed by atoms with Crippen LogP contribution in [0.1, 0.15) is 18.4 Å². The van der Waals surface area contributed by atoms with Gasteiger partial charge in [-0.25, -0.2) is 4.39 Å². The Labute approximate surface area is 87.5 Å². The highest BCUT2D eigenvalue weighted by Gasteiger charge is 2.03. The molecule has 0 bridgehead atoms. The van der Waals surface area contributed by atoms with E-state index >= 15 is 0 Å². The van der Waals surface area contributed by atoms with Crippen LogP contribution in [0.4, 0.5) is 4.39 Å². The van der Waals surface area contributed by atoms with E-state index in [-0.39, 0.29) is 18.8 Å². The van der Waals surface area contributed by atoms with Gasteiger partial charge in [0, 0.05) is 6.42 Å². The number of benzene rings is 1. The summed E-state index contributed by atoms with van der Waals surface area (Å²) in [5.74, 6) is -1.11. The van der Waals surface area contributed by atoms with Crippen LogP contribution >= 0.6 is 0 Å². The second-order valence-electron chi connectivity index (χ2n) is 3.28. The standard InChI is InChI=1S/C11H13FO3/c1-8-4-5-9(12)10(7-8)15-6-2-3-11(13)14/h4-5,7H,2-3,6H2,1H3,(H,13,14).